The van der Waals surface area contributed by atoms with E-state index in [0.29, 0.717) is 67.9 Å². The molecule has 2 aliphatic heterocycles. The summed E-state index contributed by atoms with van der Waals surface area (Å²) in [4.78, 5) is 19.5. The van der Waals surface area contributed by atoms with Crippen LogP contribution in [0.15, 0.2) is 40.3 Å². The molecule has 1 unspecified atom stereocenters. The molecule has 2 atom stereocenters. The van der Waals surface area contributed by atoms with E-state index < -0.39 is 12.1 Å². The number of nitrogens with zero attached hydrogens (tertiary/aromatic N) is 3. The minimum atomic E-state index is -0.856. The molecule has 1 amide bonds. The van der Waals surface area contributed by atoms with Gasteiger partial charge in [0.05, 0.1) is 12.1 Å². The number of hydrogen-bond donors (Lipinski definition) is 2. The highest BCUT2D eigenvalue weighted by molar-refractivity contribution is 5.76. The standard InChI is InChI=1S/C25H36N4O5/c1-3-20-21(33-14-13-32-20)15-17(2)24(31)19(16-29-11-4-5-12-29)26-22(30)7-6-8-23-27-25(28-34-23)18-9-10-18/h3,15,18-19,24,31H,1,4-14,16H2,2H3,(H,26,30)/b17-15+/t19-,24?/m1/s1. The lowest BCUT2D eigenvalue weighted by atomic mass is 10.0. The predicted octanol–water partition coefficient (Wildman–Crippen LogP) is 2.60. The maximum absolute atomic E-state index is 12.8. The first-order chi connectivity index (χ1) is 16.5. The molecule has 2 fully saturated rings. The number of amides is 1. The second-order valence-electron chi connectivity index (χ2n) is 9.32. The van der Waals surface area contributed by atoms with E-state index in [9.17, 15) is 9.90 Å². The van der Waals surface area contributed by atoms with Crippen molar-refractivity contribution in [3.8, 4) is 0 Å². The van der Waals surface area contributed by atoms with Crippen molar-refractivity contribution in [2.24, 2.45) is 0 Å². The van der Waals surface area contributed by atoms with Gasteiger partial charge in [0.15, 0.2) is 17.3 Å². The summed E-state index contributed by atoms with van der Waals surface area (Å²) in [6, 6.07) is -0.427. The molecule has 34 heavy (non-hydrogen) atoms. The van der Waals surface area contributed by atoms with Crippen molar-refractivity contribution in [2.45, 2.75) is 69.9 Å². The second-order valence-corrected chi connectivity index (χ2v) is 9.32. The minimum Gasteiger partial charge on any atom is -0.486 e. The zero-order chi connectivity index (χ0) is 23.9. The van der Waals surface area contributed by atoms with E-state index in [4.69, 9.17) is 14.0 Å². The minimum absolute atomic E-state index is 0.0961. The van der Waals surface area contributed by atoms with Crippen molar-refractivity contribution in [1.29, 1.82) is 0 Å². The zero-order valence-electron chi connectivity index (χ0n) is 20.0. The number of carbonyl (C=O) groups is 1. The first-order valence-corrected chi connectivity index (χ1v) is 12.4. The van der Waals surface area contributed by atoms with Gasteiger partial charge in [-0.15, -0.1) is 0 Å². The van der Waals surface area contributed by atoms with E-state index in [0.717, 1.165) is 44.6 Å². The van der Waals surface area contributed by atoms with Gasteiger partial charge in [-0.2, -0.15) is 4.98 Å². The Hall–Kier alpha value is -2.65. The predicted molar refractivity (Wildman–Crippen MR) is 126 cm³/mol. The largest absolute Gasteiger partial charge is 0.486 e. The van der Waals surface area contributed by atoms with Crippen LogP contribution in [0.3, 0.4) is 0 Å². The Labute approximate surface area is 200 Å². The number of carbonyl (C=O) groups excluding carboxylic acids is 1. The fourth-order valence-electron chi connectivity index (χ4n) is 4.35. The number of ether oxygens (including phenoxy) is 2. The van der Waals surface area contributed by atoms with E-state index in [1.165, 1.54) is 0 Å². The monoisotopic (exact) mass is 472 g/mol. The van der Waals surface area contributed by atoms with Crippen molar-refractivity contribution >= 4 is 5.91 Å². The molecular formula is C25H36N4O5. The van der Waals surface area contributed by atoms with Crippen LogP contribution in [0.2, 0.25) is 0 Å². The molecule has 3 aliphatic rings. The average molecular weight is 473 g/mol. The Kier molecular flexibility index (Phi) is 8.39. The fourth-order valence-corrected chi connectivity index (χ4v) is 4.35. The quantitative estimate of drug-likeness (QED) is 0.478. The number of likely N-dealkylation sites (tertiary alicyclic amines) is 1. The van der Waals surface area contributed by atoms with E-state index >= 15 is 0 Å². The van der Waals surface area contributed by atoms with Gasteiger partial charge in [-0.05, 0) is 69.8 Å². The molecule has 4 rings (SSSR count). The molecule has 0 aromatic carbocycles. The molecule has 1 saturated heterocycles. The number of hydrogen-bond acceptors (Lipinski definition) is 8. The van der Waals surface area contributed by atoms with Gasteiger partial charge >= 0.3 is 0 Å². The highest BCUT2D eigenvalue weighted by Gasteiger charge is 2.29. The van der Waals surface area contributed by atoms with E-state index in [2.05, 4.69) is 26.9 Å². The van der Waals surface area contributed by atoms with Crippen molar-refractivity contribution in [2.75, 3.05) is 32.8 Å². The molecule has 2 N–H and O–H groups in total. The Morgan fingerprint density at radius 3 is 2.71 bits per heavy atom. The van der Waals surface area contributed by atoms with Crippen LogP contribution in [0, 0.1) is 0 Å². The van der Waals surface area contributed by atoms with Crippen LogP contribution in [-0.2, 0) is 20.7 Å². The van der Waals surface area contributed by atoms with Crippen LogP contribution in [0.4, 0.5) is 0 Å². The molecule has 3 heterocycles. The normalized spacial score (nSPS) is 21.1. The smallest absolute Gasteiger partial charge is 0.226 e. The number of aliphatic hydroxyl groups is 1. The number of allylic oxidation sites excluding steroid dienone is 2. The number of aromatic nitrogens is 2. The molecule has 186 valence electrons. The van der Waals surface area contributed by atoms with Gasteiger partial charge in [0, 0.05) is 25.3 Å². The third-order valence-electron chi connectivity index (χ3n) is 6.45. The average Bonchev–Trinajstić information content (AvgIpc) is 3.35. The van der Waals surface area contributed by atoms with Gasteiger partial charge in [0.25, 0.3) is 0 Å². The lowest BCUT2D eigenvalue weighted by Gasteiger charge is -2.29. The Balaban J connectivity index is 1.34. The Morgan fingerprint density at radius 1 is 1.26 bits per heavy atom. The maximum atomic E-state index is 12.8. The van der Waals surface area contributed by atoms with Crippen LogP contribution >= 0.6 is 0 Å². The molecule has 1 aromatic rings. The fraction of sp³-hybridized carbons (Fsp3) is 0.640. The van der Waals surface area contributed by atoms with Crippen LogP contribution in [0.1, 0.15) is 63.1 Å². The number of aliphatic hydroxyl groups excluding tert-OH is 1. The summed E-state index contributed by atoms with van der Waals surface area (Å²) in [5.74, 6) is 2.84. The topological polar surface area (TPSA) is 110 Å². The lowest BCUT2D eigenvalue weighted by Crippen LogP contribution is -2.50. The molecular weight excluding hydrogens is 436 g/mol. The lowest BCUT2D eigenvalue weighted by molar-refractivity contribution is -0.122. The van der Waals surface area contributed by atoms with Crippen molar-refractivity contribution in [1.82, 2.24) is 20.4 Å². The molecule has 1 aromatic heterocycles. The van der Waals surface area contributed by atoms with Crippen LogP contribution in [0.25, 0.3) is 0 Å². The molecule has 1 aliphatic carbocycles. The number of nitrogens with one attached hydrogen (secondary N) is 1. The molecule has 9 nitrogen and oxygen atoms in total. The van der Waals surface area contributed by atoms with Crippen LogP contribution < -0.4 is 5.32 Å². The molecule has 9 heteroatoms. The van der Waals surface area contributed by atoms with E-state index in [1.807, 2.05) is 6.92 Å². The first kappa shape index (κ1) is 24.5. The first-order valence-electron chi connectivity index (χ1n) is 12.4. The van der Waals surface area contributed by atoms with Gasteiger partial charge in [-0.1, -0.05) is 11.7 Å². The van der Waals surface area contributed by atoms with Crippen LogP contribution in [0.5, 0.6) is 0 Å². The maximum Gasteiger partial charge on any atom is 0.226 e. The number of rotatable bonds is 12. The summed E-state index contributed by atoms with van der Waals surface area (Å²) >= 11 is 0. The molecule has 0 spiro atoms. The third-order valence-corrected chi connectivity index (χ3v) is 6.45. The highest BCUT2D eigenvalue weighted by atomic mass is 16.6. The van der Waals surface area contributed by atoms with E-state index in [1.54, 1.807) is 12.2 Å². The van der Waals surface area contributed by atoms with Crippen molar-refractivity contribution in [3.05, 3.63) is 47.5 Å². The summed E-state index contributed by atoms with van der Waals surface area (Å²) in [7, 11) is 0. The molecule has 0 radical (unpaired) electrons. The third kappa shape index (κ3) is 6.70. The zero-order valence-corrected chi connectivity index (χ0v) is 20.0. The summed E-state index contributed by atoms with van der Waals surface area (Å²) in [6.45, 7) is 9.07. The van der Waals surface area contributed by atoms with Gasteiger partial charge in [0.1, 0.15) is 13.2 Å². The SMILES string of the molecule is C=CC1=C(/C=C(\C)C(O)[C@@H](CN2CCCC2)NC(=O)CCCc2nc(C3CC3)no2)OCCO1. The van der Waals surface area contributed by atoms with Gasteiger partial charge in [0.2, 0.25) is 11.8 Å². The summed E-state index contributed by atoms with van der Waals surface area (Å²) < 4.78 is 16.6. The summed E-state index contributed by atoms with van der Waals surface area (Å²) in [5.41, 5.74) is 0.697. The van der Waals surface area contributed by atoms with Crippen molar-refractivity contribution in [3.63, 3.8) is 0 Å². The van der Waals surface area contributed by atoms with E-state index in [-0.39, 0.29) is 5.91 Å². The van der Waals surface area contributed by atoms with Gasteiger partial charge in [-0.25, -0.2) is 0 Å². The summed E-state index contributed by atoms with van der Waals surface area (Å²) in [6.07, 6.45) is 8.56. The van der Waals surface area contributed by atoms with Gasteiger partial charge < -0.3 is 29.3 Å². The van der Waals surface area contributed by atoms with Crippen molar-refractivity contribution < 1.29 is 23.9 Å². The van der Waals surface area contributed by atoms with Gasteiger partial charge in [-0.3, -0.25) is 4.79 Å². The second kappa shape index (κ2) is 11.7. The Bertz CT molecular complexity index is 914. The van der Waals surface area contributed by atoms with Crippen LogP contribution in [-0.4, -0.2) is 71.0 Å². The Morgan fingerprint density at radius 2 is 2.00 bits per heavy atom. The highest BCUT2D eigenvalue weighted by Crippen LogP contribution is 2.38. The summed E-state index contributed by atoms with van der Waals surface area (Å²) in [5, 5.41) is 18.2. The number of aryl methyl sites for hydroxylation is 1. The molecule has 0 bridgehead atoms. The molecule has 1 saturated carbocycles.